The van der Waals surface area contributed by atoms with Crippen LogP contribution in [0.1, 0.15) is 11.3 Å². The number of hydrogen-bond acceptors (Lipinski definition) is 5. The van der Waals surface area contributed by atoms with Crippen LogP contribution in [0.25, 0.3) is 0 Å². The maximum atomic E-state index is 12.4. The van der Waals surface area contributed by atoms with Crippen LogP contribution in [0, 0.1) is 6.92 Å². The highest BCUT2D eigenvalue weighted by molar-refractivity contribution is 7.94. The van der Waals surface area contributed by atoms with Crippen LogP contribution in [0.5, 0.6) is 0 Å². The molecule has 0 saturated carbocycles. The van der Waals surface area contributed by atoms with Gasteiger partial charge in [-0.25, -0.2) is 16.8 Å². The highest BCUT2D eigenvalue weighted by Gasteiger charge is 2.30. The summed E-state index contributed by atoms with van der Waals surface area (Å²) >= 11 is 7.28. The van der Waals surface area contributed by atoms with Crippen molar-refractivity contribution in [1.29, 1.82) is 0 Å². The first kappa shape index (κ1) is 17.5. The number of anilines is 2. The smallest absolute Gasteiger partial charge is 0.271 e. The van der Waals surface area contributed by atoms with E-state index in [1.54, 1.807) is 6.07 Å². The summed E-state index contributed by atoms with van der Waals surface area (Å²) in [6, 6.07) is 7.70. The third-order valence-corrected chi connectivity index (χ3v) is 8.60. The van der Waals surface area contributed by atoms with Gasteiger partial charge in [0.15, 0.2) is 0 Å². The second-order valence-corrected chi connectivity index (χ2v) is 11.0. The zero-order valence-electron chi connectivity index (χ0n) is 12.7. The van der Waals surface area contributed by atoms with Crippen molar-refractivity contribution in [2.75, 3.05) is 21.3 Å². The lowest BCUT2D eigenvalue weighted by Gasteiger charge is -2.19. The van der Waals surface area contributed by atoms with E-state index in [0.29, 0.717) is 13.0 Å². The van der Waals surface area contributed by atoms with Gasteiger partial charge in [0, 0.05) is 11.4 Å². The SMILES string of the molecule is Cc1ccc(S(=O)(=O)Nc2ccc(Cl)c(N3CCCS3(=O)=O)c2)s1. The Balaban J connectivity index is 1.95. The molecule has 0 amide bonds. The molecule has 130 valence electrons. The Morgan fingerprint density at radius 1 is 1.25 bits per heavy atom. The molecule has 0 bridgehead atoms. The van der Waals surface area contributed by atoms with Gasteiger partial charge in [0.1, 0.15) is 4.21 Å². The van der Waals surface area contributed by atoms with E-state index in [0.717, 1.165) is 16.2 Å². The quantitative estimate of drug-likeness (QED) is 0.845. The average Bonchev–Trinajstić information content (AvgIpc) is 3.07. The molecular formula is C14H15ClN2O4S3. The third-order valence-electron chi connectivity index (χ3n) is 3.55. The zero-order valence-corrected chi connectivity index (χ0v) is 15.9. The molecule has 0 aliphatic carbocycles. The Kier molecular flexibility index (Phi) is 4.54. The fourth-order valence-corrected chi connectivity index (χ4v) is 6.61. The summed E-state index contributed by atoms with van der Waals surface area (Å²) in [6.45, 7) is 2.16. The molecule has 1 saturated heterocycles. The summed E-state index contributed by atoms with van der Waals surface area (Å²) in [6.07, 6.45) is 0.517. The molecular weight excluding hydrogens is 392 g/mol. The molecule has 10 heteroatoms. The maximum Gasteiger partial charge on any atom is 0.271 e. The molecule has 0 spiro atoms. The summed E-state index contributed by atoms with van der Waals surface area (Å²) < 4.78 is 52.8. The van der Waals surface area contributed by atoms with Crippen molar-refractivity contribution in [3.05, 3.63) is 40.2 Å². The van der Waals surface area contributed by atoms with Crippen LogP contribution in [0.4, 0.5) is 11.4 Å². The Labute approximate surface area is 150 Å². The van der Waals surface area contributed by atoms with Crippen molar-refractivity contribution < 1.29 is 16.8 Å². The van der Waals surface area contributed by atoms with E-state index in [9.17, 15) is 16.8 Å². The molecule has 2 aromatic rings. The molecule has 1 aromatic carbocycles. The third kappa shape index (κ3) is 3.39. The van der Waals surface area contributed by atoms with Gasteiger partial charge in [0.2, 0.25) is 10.0 Å². The van der Waals surface area contributed by atoms with E-state index in [1.807, 2.05) is 6.92 Å². The molecule has 1 aliphatic rings. The number of aryl methyl sites for hydroxylation is 1. The molecule has 3 rings (SSSR count). The molecule has 2 heterocycles. The lowest BCUT2D eigenvalue weighted by atomic mass is 10.3. The minimum atomic E-state index is -3.72. The number of halogens is 1. The molecule has 0 atom stereocenters. The summed E-state index contributed by atoms with van der Waals surface area (Å²) in [4.78, 5) is 0.885. The van der Waals surface area contributed by atoms with E-state index in [-0.39, 0.29) is 26.4 Å². The molecule has 0 radical (unpaired) electrons. The lowest BCUT2D eigenvalue weighted by molar-refractivity contribution is 0.599. The van der Waals surface area contributed by atoms with Crippen molar-refractivity contribution >= 4 is 54.4 Å². The molecule has 1 fully saturated rings. The predicted octanol–water partition coefficient (Wildman–Crippen LogP) is 3.05. The topological polar surface area (TPSA) is 83.6 Å². The monoisotopic (exact) mass is 406 g/mol. The second kappa shape index (κ2) is 6.21. The standard InChI is InChI=1S/C14H15ClN2O4S3/c1-10-3-6-14(22-10)24(20,21)16-11-4-5-12(15)13(9-11)17-7-2-8-23(17,18)19/h3-6,9,16H,2,7-8H2,1H3. The molecule has 1 aromatic heterocycles. The van der Waals surface area contributed by atoms with Gasteiger partial charge in [-0.1, -0.05) is 11.6 Å². The van der Waals surface area contributed by atoms with Crippen molar-refractivity contribution in [3.63, 3.8) is 0 Å². The number of nitrogens with one attached hydrogen (secondary N) is 1. The molecule has 6 nitrogen and oxygen atoms in total. The van der Waals surface area contributed by atoms with Gasteiger partial charge in [-0.15, -0.1) is 11.3 Å². The first-order valence-electron chi connectivity index (χ1n) is 7.08. The van der Waals surface area contributed by atoms with Gasteiger partial charge in [0.05, 0.1) is 22.2 Å². The Morgan fingerprint density at radius 3 is 2.58 bits per heavy atom. The highest BCUT2D eigenvalue weighted by atomic mass is 35.5. The summed E-state index contributed by atoms with van der Waals surface area (Å²) in [7, 11) is -7.12. The summed E-state index contributed by atoms with van der Waals surface area (Å²) in [5.74, 6) is 0.0632. The van der Waals surface area contributed by atoms with Crippen LogP contribution in [0.2, 0.25) is 5.02 Å². The Bertz CT molecular complexity index is 983. The molecule has 0 unspecified atom stereocenters. The van der Waals surface area contributed by atoms with Crippen LogP contribution in [0.15, 0.2) is 34.5 Å². The first-order chi connectivity index (χ1) is 11.2. The minimum absolute atomic E-state index is 0.0632. The highest BCUT2D eigenvalue weighted by Crippen LogP contribution is 2.34. The van der Waals surface area contributed by atoms with Crippen LogP contribution >= 0.6 is 22.9 Å². The number of sulfonamides is 2. The van der Waals surface area contributed by atoms with Crippen molar-refractivity contribution in [2.45, 2.75) is 17.6 Å². The van der Waals surface area contributed by atoms with Crippen LogP contribution in [-0.4, -0.2) is 29.1 Å². The van der Waals surface area contributed by atoms with E-state index in [4.69, 9.17) is 11.6 Å². The number of benzene rings is 1. The van der Waals surface area contributed by atoms with Gasteiger partial charge >= 0.3 is 0 Å². The largest absolute Gasteiger partial charge is 0.279 e. The van der Waals surface area contributed by atoms with Gasteiger partial charge in [0.25, 0.3) is 10.0 Å². The average molecular weight is 407 g/mol. The number of nitrogens with zero attached hydrogens (tertiary/aromatic N) is 1. The Morgan fingerprint density at radius 2 is 2.00 bits per heavy atom. The van der Waals surface area contributed by atoms with E-state index in [2.05, 4.69) is 4.72 Å². The van der Waals surface area contributed by atoms with Crippen LogP contribution < -0.4 is 9.03 Å². The minimum Gasteiger partial charge on any atom is -0.279 e. The molecule has 1 aliphatic heterocycles. The molecule has 1 N–H and O–H groups in total. The predicted molar refractivity (Wildman–Crippen MR) is 97.1 cm³/mol. The normalized spacial score (nSPS) is 17.2. The summed E-state index contributed by atoms with van der Waals surface area (Å²) in [5.41, 5.74) is 0.555. The van der Waals surface area contributed by atoms with Crippen molar-refractivity contribution in [3.8, 4) is 0 Å². The summed E-state index contributed by atoms with van der Waals surface area (Å²) in [5, 5.41) is 0.260. The van der Waals surface area contributed by atoms with Crippen molar-refractivity contribution in [2.24, 2.45) is 0 Å². The van der Waals surface area contributed by atoms with Crippen molar-refractivity contribution in [1.82, 2.24) is 0 Å². The number of rotatable bonds is 4. The lowest BCUT2D eigenvalue weighted by Crippen LogP contribution is -2.25. The van der Waals surface area contributed by atoms with E-state index in [1.165, 1.54) is 28.6 Å². The van der Waals surface area contributed by atoms with Gasteiger partial charge in [-0.2, -0.15) is 0 Å². The Hall–Kier alpha value is -1.29. The number of hydrogen-bond donors (Lipinski definition) is 1. The number of thiophene rings is 1. The first-order valence-corrected chi connectivity index (χ1v) is 11.4. The van der Waals surface area contributed by atoms with Gasteiger partial charge in [-0.3, -0.25) is 9.03 Å². The van der Waals surface area contributed by atoms with E-state index < -0.39 is 20.0 Å². The van der Waals surface area contributed by atoms with Gasteiger partial charge in [-0.05, 0) is 43.7 Å². The fraction of sp³-hybridized carbons (Fsp3) is 0.286. The second-order valence-electron chi connectivity index (χ2n) is 5.38. The van der Waals surface area contributed by atoms with E-state index >= 15 is 0 Å². The fourth-order valence-electron chi connectivity index (χ4n) is 2.44. The van der Waals surface area contributed by atoms with Crippen LogP contribution in [0.3, 0.4) is 0 Å². The maximum absolute atomic E-state index is 12.4. The van der Waals surface area contributed by atoms with Gasteiger partial charge < -0.3 is 0 Å². The molecule has 24 heavy (non-hydrogen) atoms. The zero-order chi connectivity index (χ0) is 17.5. The van der Waals surface area contributed by atoms with Crippen LogP contribution in [-0.2, 0) is 20.0 Å².